The maximum atomic E-state index is 12.4. The standard InChI is InChI=1S/C19H28N2O2/c1-2-19(9-6-10-19)15-20-18(22)17-14-21(11-12-23-17)13-16-7-4-3-5-8-16/h3-5,7-8,17H,2,6,9-15H2,1H3,(H,20,22). The van der Waals surface area contributed by atoms with Gasteiger partial charge in [0.1, 0.15) is 6.10 Å². The number of amides is 1. The van der Waals surface area contributed by atoms with E-state index in [1.807, 2.05) is 6.07 Å². The summed E-state index contributed by atoms with van der Waals surface area (Å²) in [6.45, 7) is 6.11. The molecule has 1 N–H and O–H groups in total. The van der Waals surface area contributed by atoms with Gasteiger partial charge in [-0.25, -0.2) is 0 Å². The van der Waals surface area contributed by atoms with Crippen LogP contribution < -0.4 is 5.32 Å². The van der Waals surface area contributed by atoms with Gasteiger partial charge in [-0.05, 0) is 30.2 Å². The number of nitrogens with zero attached hydrogens (tertiary/aromatic N) is 1. The van der Waals surface area contributed by atoms with Crippen LogP contribution in [0.1, 0.15) is 38.2 Å². The summed E-state index contributed by atoms with van der Waals surface area (Å²) in [6.07, 6.45) is 4.61. The zero-order valence-electron chi connectivity index (χ0n) is 14.1. The molecule has 1 atom stereocenters. The number of carbonyl (C=O) groups excluding carboxylic acids is 1. The number of ether oxygens (including phenoxy) is 1. The summed E-state index contributed by atoms with van der Waals surface area (Å²) in [6, 6.07) is 10.4. The summed E-state index contributed by atoms with van der Waals surface area (Å²) in [4.78, 5) is 14.7. The van der Waals surface area contributed by atoms with Crippen LogP contribution in [0.15, 0.2) is 30.3 Å². The van der Waals surface area contributed by atoms with Crippen LogP contribution in [-0.4, -0.2) is 43.2 Å². The van der Waals surface area contributed by atoms with E-state index in [9.17, 15) is 4.79 Å². The molecule has 1 aliphatic carbocycles. The largest absolute Gasteiger partial charge is 0.366 e. The van der Waals surface area contributed by atoms with Gasteiger partial charge in [-0.15, -0.1) is 0 Å². The minimum atomic E-state index is -0.332. The second kappa shape index (κ2) is 7.45. The van der Waals surface area contributed by atoms with Gasteiger partial charge in [-0.1, -0.05) is 43.7 Å². The minimum absolute atomic E-state index is 0.0579. The Morgan fingerprint density at radius 1 is 1.35 bits per heavy atom. The molecule has 1 unspecified atom stereocenters. The van der Waals surface area contributed by atoms with Gasteiger partial charge in [0.05, 0.1) is 6.61 Å². The van der Waals surface area contributed by atoms with Crippen molar-refractivity contribution in [2.24, 2.45) is 5.41 Å². The molecule has 0 radical (unpaired) electrons. The molecule has 1 saturated carbocycles. The number of morpholine rings is 1. The molecule has 4 heteroatoms. The van der Waals surface area contributed by atoms with E-state index in [4.69, 9.17) is 4.74 Å². The van der Waals surface area contributed by atoms with Crippen molar-refractivity contribution in [2.75, 3.05) is 26.2 Å². The van der Waals surface area contributed by atoms with Gasteiger partial charge < -0.3 is 10.1 Å². The third-order valence-electron chi connectivity index (χ3n) is 5.49. The minimum Gasteiger partial charge on any atom is -0.366 e. The first-order valence-corrected chi connectivity index (χ1v) is 8.86. The van der Waals surface area contributed by atoms with Crippen molar-refractivity contribution < 1.29 is 9.53 Å². The molecule has 1 saturated heterocycles. The molecule has 4 nitrogen and oxygen atoms in total. The Labute approximate surface area is 139 Å². The summed E-state index contributed by atoms with van der Waals surface area (Å²) in [5.41, 5.74) is 1.64. The lowest BCUT2D eigenvalue weighted by atomic mass is 9.67. The van der Waals surface area contributed by atoms with Gasteiger partial charge in [-0.2, -0.15) is 0 Å². The highest BCUT2D eigenvalue weighted by atomic mass is 16.5. The van der Waals surface area contributed by atoms with Crippen LogP contribution in [-0.2, 0) is 16.1 Å². The lowest BCUT2D eigenvalue weighted by molar-refractivity contribution is -0.139. The van der Waals surface area contributed by atoms with E-state index in [1.165, 1.54) is 24.8 Å². The number of hydrogen-bond donors (Lipinski definition) is 1. The highest BCUT2D eigenvalue weighted by Crippen LogP contribution is 2.43. The molecular weight excluding hydrogens is 288 g/mol. The summed E-state index contributed by atoms with van der Waals surface area (Å²) >= 11 is 0. The van der Waals surface area contributed by atoms with Crippen LogP contribution in [0.3, 0.4) is 0 Å². The number of benzene rings is 1. The van der Waals surface area contributed by atoms with Crippen molar-refractivity contribution in [3.8, 4) is 0 Å². The van der Waals surface area contributed by atoms with E-state index in [0.29, 0.717) is 18.6 Å². The van der Waals surface area contributed by atoms with E-state index >= 15 is 0 Å². The normalized spacial score (nSPS) is 24.0. The molecule has 0 aromatic heterocycles. The average Bonchev–Trinajstić information content (AvgIpc) is 2.55. The third kappa shape index (κ3) is 4.12. The molecule has 2 fully saturated rings. The summed E-state index contributed by atoms with van der Waals surface area (Å²) in [5.74, 6) is 0.0579. The smallest absolute Gasteiger partial charge is 0.250 e. The molecule has 0 bridgehead atoms. The molecule has 3 rings (SSSR count). The molecule has 1 amide bonds. The zero-order chi connectivity index (χ0) is 16.1. The molecule has 0 spiro atoms. The summed E-state index contributed by atoms with van der Waals surface area (Å²) in [7, 11) is 0. The SMILES string of the molecule is CCC1(CNC(=O)C2CN(Cc3ccccc3)CCO2)CCC1. The van der Waals surface area contributed by atoms with Crippen LogP contribution in [0.25, 0.3) is 0 Å². The lowest BCUT2D eigenvalue weighted by Crippen LogP contribution is -2.51. The van der Waals surface area contributed by atoms with Crippen LogP contribution in [0.4, 0.5) is 0 Å². The molecule has 23 heavy (non-hydrogen) atoms. The van der Waals surface area contributed by atoms with Crippen molar-refractivity contribution in [3.63, 3.8) is 0 Å². The number of hydrogen-bond acceptors (Lipinski definition) is 3. The Hall–Kier alpha value is -1.39. The van der Waals surface area contributed by atoms with Crippen molar-refractivity contribution in [2.45, 2.75) is 45.3 Å². The van der Waals surface area contributed by atoms with Crippen molar-refractivity contribution in [1.29, 1.82) is 0 Å². The van der Waals surface area contributed by atoms with Gasteiger partial charge in [0, 0.05) is 26.2 Å². The van der Waals surface area contributed by atoms with E-state index in [-0.39, 0.29) is 12.0 Å². The highest BCUT2D eigenvalue weighted by molar-refractivity contribution is 5.81. The Kier molecular flexibility index (Phi) is 5.34. The second-order valence-corrected chi connectivity index (χ2v) is 7.01. The van der Waals surface area contributed by atoms with Crippen LogP contribution in [0.2, 0.25) is 0 Å². The van der Waals surface area contributed by atoms with Gasteiger partial charge in [0.25, 0.3) is 0 Å². The third-order valence-corrected chi connectivity index (χ3v) is 5.49. The lowest BCUT2D eigenvalue weighted by Gasteiger charge is -2.42. The Bertz CT molecular complexity index is 508. The van der Waals surface area contributed by atoms with Gasteiger partial charge in [0.2, 0.25) is 5.91 Å². The first kappa shape index (κ1) is 16.5. The molecule has 1 aliphatic heterocycles. The fourth-order valence-corrected chi connectivity index (χ4v) is 3.57. The Morgan fingerprint density at radius 3 is 2.78 bits per heavy atom. The molecule has 1 aromatic carbocycles. The first-order chi connectivity index (χ1) is 11.2. The van der Waals surface area contributed by atoms with Crippen molar-refractivity contribution in [1.82, 2.24) is 10.2 Å². The zero-order valence-corrected chi connectivity index (χ0v) is 14.1. The van der Waals surface area contributed by atoms with Gasteiger partial charge in [-0.3, -0.25) is 9.69 Å². The van der Waals surface area contributed by atoms with Crippen molar-refractivity contribution in [3.05, 3.63) is 35.9 Å². The quantitative estimate of drug-likeness (QED) is 0.877. The van der Waals surface area contributed by atoms with Crippen LogP contribution in [0.5, 0.6) is 0 Å². The second-order valence-electron chi connectivity index (χ2n) is 7.01. The first-order valence-electron chi connectivity index (χ1n) is 8.86. The molecule has 1 aromatic rings. The van der Waals surface area contributed by atoms with E-state index in [2.05, 4.69) is 41.4 Å². The maximum Gasteiger partial charge on any atom is 0.250 e. The average molecular weight is 316 g/mol. The summed E-state index contributed by atoms with van der Waals surface area (Å²) in [5, 5.41) is 3.14. The number of carbonyl (C=O) groups is 1. The molecular formula is C19H28N2O2. The fraction of sp³-hybridized carbons (Fsp3) is 0.632. The molecule has 1 heterocycles. The van der Waals surface area contributed by atoms with E-state index in [1.54, 1.807) is 0 Å². The summed E-state index contributed by atoms with van der Waals surface area (Å²) < 4.78 is 5.70. The molecule has 126 valence electrons. The van der Waals surface area contributed by atoms with Gasteiger partial charge in [0.15, 0.2) is 0 Å². The topological polar surface area (TPSA) is 41.6 Å². The Balaban J connectivity index is 1.48. The monoisotopic (exact) mass is 316 g/mol. The predicted molar refractivity (Wildman–Crippen MR) is 91.0 cm³/mol. The predicted octanol–water partition coefficient (Wildman–Crippen LogP) is 2.58. The number of rotatable bonds is 6. The fourth-order valence-electron chi connectivity index (χ4n) is 3.57. The van der Waals surface area contributed by atoms with Crippen LogP contribution >= 0.6 is 0 Å². The maximum absolute atomic E-state index is 12.4. The number of nitrogens with one attached hydrogen (secondary N) is 1. The van der Waals surface area contributed by atoms with E-state index < -0.39 is 0 Å². The van der Waals surface area contributed by atoms with Gasteiger partial charge >= 0.3 is 0 Å². The molecule has 2 aliphatic rings. The van der Waals surface area contributed by atoms with E-state index in [0.717, 1.165) is 26.1 Å². The van der Waals surface area contributed by atoms with Crippen LogP contribution in [0, 0.1) is 5.41 Å². The Morgan fingerprint density at radius 2 is 2.13 bits per heavy atom. The van der Waals surface area contributed by atoms with Crippen molar-refractivity contribution >= 4 is 5.91 Å². The highest BCUT2D eigenvalue weighted by Gasteiger charge is 2.36.